The van der Waals surface area contributed by atoms with Crippen molar-refractivity contribution in [2.75, 3.05) is 19.7 Å². The van der Waals surface area contributed by atoms with Gasteiger partial charge in [-0.1, -0.05) is 53.4 Å². The molecule has 21 heavy (non-hydrogen) atoms. The Kier molecular flexibility index (Phi) is 8.13. The quantitative estimate of drug-likeness (QED) is 0.643. The maximum Gasteiger partial charge on any atom is 0.409 e. The topological polar surface area (TPSA) is 29.5 Å². The molecule has 1 fully saturated rings. The summed E-state index contributed by atoms with van der Waals surface area (Å²) >= 11 is 0. The molecule has 0 aliphatic heterocycles. The maximum absolute atomic E-state index is 12.3. The fourth-order valence-corrected chi connectivity index (χ4v) is 2.75. The molecule has 124 valence electrons. The van der Waals surface area contributed by atoms with Gasteiger partial charge in [0.05, 0.1) is 6.61 Å². The normalized spacial score (nSPS) is 16.8. The van der Waals surface area contributed by atoms with E-state index in [0.717, 1.165) is 32.4 Å². The molecule has 3 nitrogen and oxygen atoms in total. The Morgan fingerprint density at radius 3 is 2.38 bits per heavy atom. The standard InChI is InChI=1S/C18H35NO2/c1-5-6-13-19(14-12-18(2,3)4)17(20)21-15-16-10-8-7-9-11-16/h16H,5-15H2,1-4H3. The van der Waals surface area contributed by atoms with E-state index in [1.165, 1.54) is 32.1 Å². The van der Waals surface area contributed by atoms with Crippen LogP contribution in [0.15, 0.2) is 0 Å². The first-order valence-corrected chi connectivity index (χ1v) is 8.84. The lowest BCUT2D eigenvalue weighted by atomic mass is 9.90. The van der Waals surface area contributed by atoms with Crippen molar-refractivity contribution in [3.8, 4) is 0 Å². The molecule has 0 aromatic heterocycles. The summed E-state index contributed by atoms with van der Waals surface area (Å²) in [4.78, 5) is 14.2. The monoisotopic (exact) mass is 297 g/mol. The molecular formula is C18H35NO2. The molecule has 0 aromatic carbocycles. The number of nitrogens with zero attached hydrogens (tertiary/aromatic N) is 1. The van der Waals surface area contributed by atoms with Crippen molar-refractivity contribution in [3.63, 3.8) is 0 Å². The first-order valence-electron chi connectivity index (χ1n) is 8.84. The summed E-state index contributed by atoms with van der Waals surface area (Å²) in [5.41, 5.74) is 0.258. The molecule has 0 saturated heterocycles. The van der Waals surface area contributed by atoms with Gasteiger partial charge in [0.2, 0.25) is 0 Å². The van der Waals surface area contributed by atoms with Gasteiger partial charge in [0.15, 0.2) is 0 Å². The van der Waals surface area contributed by atoms with Gasteiger partial charge in [-0.2, -0.15) is 0 Å². The Morgan fingerprint density at radius 2 is 1.81 bits per heavy atom. The molecule has 1 aliphatic rings. The molecule has 0 radical (unpaired) electrons. The molecule has 0 aromatic rings. The van der Waals surface area contributed by atoms with Crippen LogP contribution in [0.25, 0.3) is 0 Å². The minimum absolute atomic E-state index is 0.0988. The van der Waals surface area contributed by atoms with Gasteiger partial charge in [0.25, 0.3) is 0 Å². The van der Waals surface area contributed by atoms with Gasteiger partial charge in [0, 0.05) is 13.1 Å². The van der Waals surface area contributed by atoms with E-state index in [1.807, 2.05) is 4.90 Å². The van der Waals surface area contributed by atoms with Crippen molar-refractivity contribution in [3.05, 3.63) is 0 Å². The van der Waals surface area contributed by atoms with E-state index in [1.54, 1.807) is 0 Å². The average Bonchev–Trinajstić information content (AvgIpc) is 2.45. The van der Waals surface area contributed by atoms with E-state index in [4.69, 9.17) is 4.74 Å². The minimum atomic E-state index is -0.0988. The fourth-order valence-electron chi connectivity index (χ4n) is 2.75. The van der Waals surface area contributed by atoms with Crippen LogP contribution < -0.4 is 0 Å². The lowest BCUT2D eigenvalue weighted by Gasteiger charge is -2.28. The Balaban J connectivity index is 2.37. The number of ether oxygens (including phenoxy) is 1. The molecule has 1 rings (SSSR count). The summed E-state index contributed by atoms with van der Waals surface area (Å²) in [6.45, 7) is 11.1. The minimum Gasteiger partial charge on any atom is -0.449 e. The second kappa shape index (κ2) is 9.32. The van der Waals surface area contributed by atoms with Gasteiger partial charge >= 0.3 is 6.09 Å². The second-order valence-corrected chi connectivity index (χ2v) is 7.73. The van der Waals surface area contributed by atoms with Crippen molar-refractivity contribution in [2.24, 2.45) is 11.3 Å². The third-order valence-corrected chi connectivity index (χ3v) is 4.34. The zero-order valence-corrected chi connectivity index (χ0v) is 14.6. The largest absolute Gasteiger partial charge is 0.449 e. The number of hydrogen-bond acceptors (Lipinski definition) is 2. The Labute approximate surface area is 131 Å². The number of rotatable bonds is 7. The van der Waals surface area contributed by atoms with Gasteiger partial charge in [-0.3, -0.25) is 0 Å². The number of carbonyl (C=O) groups is 1. The molecular weight excluding hydrogens is 262 g/mol. The molecule has 0 atom stereocenters. The SMILES string of the molecule is CCCCN(CCC(C)(C)C)C(=O)OCC1CCCCC1. The van der Waals surface area contributed by atoms with Crippen molar-refractivity contribution < 1.29 is 9.53 Å². The molecule has 0 N–H and O–H groups in total. The molecule has 0 unspecified atom stereocenters. The van der Waals surface area contributed by atoms with Gasteiger partial charge < -0.3 is 9.64 Å². The molecule has 0 spiro atoms. The van der Waals surface area contributed by atoms with E-state index >= 15 is 0 Å². The Bertz CT molecular complexity index is 290. The van der Waals surface area contributed by atoms with E-state index in [9.17, 15) is 4.79 Å². The van der Waals surface area contributed by atoms with Crippen LogP contribution in [0.3, 0.4) is 0 Å². The third kappa shape index (κ3) is 8.33. The zero-order chi connectivity index (χ0) is 15.7. The fraction of sp³-hybridized carbons (Fsp3) is 0.944. The third-order valence-electron chi connectivity index (χ3n) is 4.34. The van der Waals surface area contributed by atoms with Gasteiger partial charge in [0.1, 0.15) is 0 Å². The van der Waals surface area contributed by atoms with Crippen LogP contribution in [0.1, 0.15) is 79.1 Å². The van der Waals surface area contributed by atoms with E-state index in [2.05, 4.69) is 27.7 Å². The molecule has 3 heteroatoms. The number of amides is 1. The number of hydrogen-bond donors (Lipinski definition) is 0. The van der Waals surface area contributed by atoms with Crippen molar-refractivity contribution in [2.45, 2.75) is 79.1 Å². The summed E-state index contributed by atoms with van der Waals surface area (Å²) in [5, 5.41) is 0. The van der Waals surface area contributed by atoms with Gasteiger partial charge in [-0.05, 0) is 37.0 Å². The number of carbonyl (C=O) groups excluding carboxylic acids is 1. The van der Waals surface area contributed by atoms with Crippen LogP contribution in [0.5, 0.6) is 0 Å². The van der Waals surface area contributed by atoms with E-state index < -0.39 is 0 Å². The molecule has 1 amide bonds. The van der Waals surface area contributed by atoms with Gasteiger partial charge in [-0.25, -0.2) is 4.79 Å². The smallest absolute Gasteiger partial charge is 0.409 e. The molecule has 0 bridgehead atoms. The van der Waals surface area contributed by atoms with Crippen LogP contribution >= 0.6 is 0 Å². The highest BCUT2D eigenvalue weighted by atomic mass is 16.6. The zero-order valence-electron chi connectivity index (χ0n) is 14.6. The van der Waals surface area contributed by atoms with E-state index in [0.29, 0.717) is 12.5 Å². The van der Waals surface area contributed by atoms with Crippen LogP contribution in [0.4, 0.5) is 4.79 Å². The first kappa shape index (κ1) is 18.3. The summed E-state index contributed by atoms with van der Waals surface area (Å²) in [5.74, 6) is 0.596. The van der Waals surface area contributed by atoms with Crippen molar-refractivity contribution in [1.82, 2.24) is 4.90 Å². The lowest BCUT2D eigenvalue weighted by Crippen LogP contribution is -2.36. The molecule has 0 heterocycles. The predicted molar refractivity (Wildman–Crippen MR) is 88.5 cm³/mol. The van der Waals surface area contributed by atoms with Crippen LogP contribution in [0.2, 0.25) is 0 Å². The second-order valence-electron chi connectivity index (χ2n) is 7.73. The number of unbranched alkanes of at least 4 members (excludes halogenated alkanes) is 1. The summed E-state index contributed by atoms with van der Waals surface area (Å²) in [7, 11) is 0. The van der Waals surface area contributed by atoms with Crippen LogP contribution in [0, 0.1) is 11.3 Å². The average molecular weight is 297 g/mol. The Morgan fingerprint density at radius 1 is 1.14 bits per heavy atom. The summed E-state index contributed by atoms with van der Waals surface area (Å²) < 4.78 is 5.59. The first-order chi connectivity index (χ1) is 9.92. The predicted octanol–water partition coefficient (Wildman–Crippen LogP) is 5.24. The Hall–Kier alpha value is -0.730. The summed E-state index contributed by atoms with van der Waals surface area (Å²) in [6, 6.07) is 0. The van der Waals surface area contributed by atoms with Gasteiger partial charge in [-0.15, -0.1) is 0 Å². The summed E-state index contributed by atoms with van der Waals surface area (Å²) in [6.07, 6.45) is 9.49. The maximum atomic E-state index is 12.3. The van der Waals surface area contributed by atoms with Crippen LogP contribution in [-0.4, -0.2) is 30.7 Å². The van der Waals surface area contributed by atoms with Crippen molar-refractivity contribution >= 4 is 6.09 Å². The molecule has 1 aliphatic carbocycles. The highest BCUT2D eigenvalue weighted by Crippen LogP contribution is 2.24. The van der Waals surface area contributed by atoms with E-state index in [-0.39, 0.29) is 11.5 Å². The van der Waals surface area contributed by atoms with Crippen LogP contribution in [-0.2, 0) is 4.74 Å². The highest BCUT2D eigenvalue weighted by Gasteiger charge is 2.20. The lowest BCUT2D eigenvalue weighted by molar-refractivity contribution is 0.0767. The highest BCUT2D eigenvalue weighted by molar-refractivity contribution is 5.67. The van der Waals surface area contributed by atoms with Crippen molar-refractivity contribution in [1.29, 1.82) is 0 Å². The molecule has 1 saturated carbocycles.